The number of thioether (sulfide) groups is 1. The molecule has 2 rings (SSSR count). The lowest BCUT2D eigenvalue weighted by Crippen LogP contribution is -2.49. The Morgan fingerprint density at radius 2 is 1.91 bits per heavy atom. The van der Waals surface area contributed by atoms with Gasteiger partial charge in [-0.3, -0.25) is 0 Å². The molecule has 5 heteroatoms. The molecule has 1 atom stereocenters. The average molecular weight is 323 g/mol. The lowest BCUT2D eigenvalue weighted by molar-refractivity contribution is 0.205. The van der Waals surface area contributed by atoms with Gasteiger partial charge in [-0.15, -0.1) is 0 Å². The number of nitrogens with one attached hydrogen (secondary N) is 1. The molecule has 0 radical (unpaired) electrons. The van der Waals surface area contributed by atoms with Gasteiger partial charge in [0.05, 0.1) is 12.6 Å². The highest BCUT2D eigenvalue weighted by molar-refractivity contribution is 8.03. The fourth-order valence-electron chi connectivity index (χ4n) is 2.61. The van der Waals surface area contributed by atoms with Crippen LogP contribution in [0.5, 0.6) is 0 Å². The van der Waals surface area contributed by atoms with Crippen molar-refractivity contribution in [3.8, 4) is 0 Å². The van der Waals surface area contributed by atoms with Crippen LogP contribution in [0.4, 0.5) is 4.39 Å². The van der Waals surface area contributed by atoms with Crippen LogP contribution in [0.15, 0.2) is 39.8 Å². The Hall–Kier alpha value is -1.04. The molecule has 0 saturated heterocycles. The molecule has 1 aromatic rings. The minimum atomic E-state index is -0.262. The summed E-state index contributed by atoms with van der Waals surface area (Å²) in [6.45, 7) is 9.17. The molecule has 1 aromatic carbocycles. The van der Waals surface area contributed by atoms with Crippen LogP contribution in [0, 0.1) is 5.82 Å². The van der Waals surface area contributed by atoms with Gasteiger partial charge in [0.2, 0.25) is 0 Å². The third-order valence-electron chi connectivity index (χ3n) is 3.59. The topological polar surface area (TPSA) is 41.3 Å². The van der Waals surface area contributed by atoms with Crippen molar-refractivity contribution in [2.45, 2.75) is 57.0 Å². The van der Waals surface area contributed by atoms with E-state index in [1.54, 1.807) is 11.8 Å². The molecule has 0 bridgehead atoms. The number of nitrogens with zero attached hydrogens (tertiary/aromatic N) is 1. The Bertz CT molecular complexity index is 534. The zero-order valence-corrected chi connectivity index (χ0v) is 14.6. The monoisotopic (exact) mass is 323 g/mol. The van der Waals surface area contributed by atoms with E-state index >= 15 is 0 Å². The van der Waals surface area contributed by atoms with Crippen LogP contribution >= 0.6 is 11.8 Å². The molecule has 0 aromatic heterocycles. The Balaban J connectivity index is 2.26. The van der Waals surface area contributed by atoms with Crippen LogP contribution in [-0.4, -0.2) is 23.1 Å². The highest BCUT2D eigenvalue weighted by Crippen LogP contribution is 2.38. The predicted octanol–water partition coefficient (Wildman–Crippen LogP) is 3.88. The molecule has 1 aliphatic rings. The summed E-state index contributed by atoms with van der Waals surface area (Å²) in [5, 5.41) is 2.19. The number of hydrogen-bond donors (Lipinski definition) is 2. The zero-order valence-electron chi connectivity index (χ0n) is 13.8. The van der Waals surface area contributed by atoms with Gasteiger partial charge in [0, 0.05) is 21.0 Å². The van der Waals surface area contributed by atoms with Gasteiger partial charge < -0.3 is 10.7 Å². The standard InChI is InChI=1S/C17H26FN3S/c1-5-14-16(22-13-9-7-12(18)8-10-13)15(6-2)21(20-14)11-17(3,4)19/h7-10,14,20H,5-6,11,19H2,1-4H3. The van der Waals surface area contributed by atoms with Crippen molar-refractivity contribution < 1.29 is 4.39 Å². The Morgan fingerprint density at radius 3 is 2.41 bits per heavy atom. The Morgan fingerprint density at radius 1 is 1.27 bits per heavy atom. The molecule has 0 spiro atoms. The maximum atomic E-state index is 13.1. The summed E-state index contributed by atoms with van der Waals surface area (Å²) in [5.41, 5.74) is 10.8. The largest absolute Gasteiger partial charge is 0.324 e. The second kappa shape index (κ2) is 7.02. The number of hydrazine groups is 1. The van der Waals surface area contributed by atoms with Gasteiger partial charge in [-0.25, -0.2) is 9.82 Å². The average Bonchev–Trinajstić information content (AvgIpc) is 2.76. The van der Waals surface area contributed by atoms with Crippen molar-refractivity contribution in [3.05, 3.63) is 40.7 Å². The summed E-state index contributed by atoms with van der Waals surface area (Å²) >= 11 is 1.72. The van der Waals surface area contributed by atoms with E-state index in [1.807, 2.05) is 26.0 Å². The number of rotatable bonds is 6. The fourth-order valence-corrected chi connectivity index (χ4v) is 3.87. The third kappa shape index (κ3) is 4.24. The van der Waals surface area contributed by atoms with Gasteiger partial charge in [-0.05, 0) is 51.0 Å². The van der Waals surface area contributed by atoms with Crippen LogP contribution in [0.2, 0.25) is 0 Å². The van der Waals surface area contributed by atoms with E-state index in [0.29, 0.717) is 6.04 Å². The lowest BCUT2D eigenvalue weighted by Gasteiger charge is -2.30. The second-order valence-corrected chi connectivity index (χ2v) is 7.50. The Labute approximate surface area is 137 Å². The maximum absolute atomic E-state index is 13.1. The normalized spacial score (nSPS) is 19.2. The quantitative estimate of drug-likeness (QED) is 0.834. The van der Waals surface area contributed by atoms with E-state index in [9.17, 15) is 4.39 Å². The highest BCUT2D eigenvalue weighted by atomic mass is 32.2. The minimum absolute atomic E-state index is 0.197. The van der Waals surface area contributed by atoms with E-state index in [4.69, 9.17) is 5.73 Å². The van der Waals surface area contributed by atoms with Crippen LogP contribution < -0.4 is 11.2 Å². The van der Waals surface area contributed by atoms with Crippen molar-refractivity contribution in [3.63, 3.8) is 0 Å². The minimum Gasteiger partial charge on any atom is -0.324 e. The summed E-state index contributed by atoms with van der Waals surface area (Å²) in [5.74, 6) is -0.197. The van der Waals surface area contributed by atoms with Crippen LogP contribution in [0.1, 0.15) is 40.5 Å². The first-order valence-corrected chi connectivity index (χ1v) is 8.64. The lowest BCUT2D eigenvalue weighted by atomic mass is 10.1. The summed E-state index contributed by atoms with van der Waals surface area (Å²) in [6, 6.07) is 7.00. The summed E-state index contributed by atoms with van der Waals surface area (Å²) < 4.78 is 13.1. The number of hydrogen-bond acceptors (Lipinski definition) is 4. The second-order valence-electron chi connectivity index (χ2n) is 6.39. The smallest absolute Gasteiger partial charge is 0.123 e. The van der Waals surface area contributed by atoms with Crippen LogP contribution in [-0.2, 0) is 0 Å². The van der Waals surface area contributed by atoms with E-state index in [0.717, 1.165) is 24.3 Å². The molecule has 3 nitrogen and oxygen atoms in total. The highest BCUT2D eigenvalue weighted by Gasteiger charge is 2.31. The van der Waals surface area contributed by atoms with E-state index in [1.165, 1.54) is 22.7 Å². The number of benzene rings is 1. The van der Waals surface area contributed by atoms with Gasteiger partial charge in [0.1, 0.15) is 5.82 Å². The SMILES string of the molecule is CCC1=C(Sc2ccc(F)cc2)C(CC)NN1CC(C)(C)N. The van der Waals surface area contributed by atoms with Crippen molar-refractivity contribution in [1.29, 1.82) is 0 Å². The molecular weight excluding hydrogens is 297 g/mol. The summed E-state index contributed by atoms with van der Waals surface area (Å²) in [6.07, 6.45) is 1.96. The number of allylic oxidation sites excluding steroid dienone is 1. The van der Waals surface area contributed by atoms with Crippen molar-refractivity contribution in [2.24, 2.45) is 5.73 Å². The summed E-state index contributed by atoms with van der Waals surface area (Å²) in [4.78, 5) is 2.39. The zero-order chi connectivity index (χ0) is 16.3. The first-order chi connectivity index (χ1) is 10.3. The van der Waals surface area contributed by atoms with Crippen LogP contribution in [0.25, 0.3) is 0 Å². The molecule has 0 saturated carbocycles. The molecule has 22 heavy (non-hydrogen) atoms. The van der Waals surface area contributed by atoms with Gasteiger partial charge in [0.15, 0.2) is 0 Å². The van der Waals surface area contributed by atoms with E-state index in [2.05, 4.69) is 24.3 Å². The number of nitrogens with two attached hydrogens (primary N) is 1. The van der Waals surface area contributed by atoms with E-state index < -0.39 is 0 Å². The molecule has 122 valence electrons. The van der Waals surface area contributed by atoms with Gasteiger partial charge >= 0.3 is 0 Å². The Kier molecular flexibility index (Phi) is 5.53. The van der Waals surface area contributed by atoms with Gasteiger partial charge in [-0.1, -0.05) is 25.6 Å². The van der Waals surface area contributed by atoms with Crippen molar-refractivity contribution in [1.82, 2.24) is 10.4 Å². The fraction of sp³-hybridized carbons (Fsp3) is 0.529. The summed E-state index contributed by atoms with van der Waals surface area (Å²) in [7, 11) is 0. The molecule has 0 fully saturated rings. The first-order valence-electron chi connectivity index (χ1n) is 7.83. The molecule has 0 aliphatic carbocycles. The first kappa shape index (κ1) is 17.3. The number of halogens is 1. The third-order valence-corrected chi connectivity index (χ3v) is 4.84. The molecule has 1 aliphatic heterocycles. The van der Waals surface area contributed by atoms with Crippen LogP contribution in [0.3, 0.4) is 0 Å². The van der Waals surface area contributed by atoms with E-state index in [-0.39, 0.29) is 11.4 Å². The molecular formula is C17H26FN3S. The molecule has 3 N–H and O–H groups in total. The molecule has 1 heterocycles. The van der Waals surface area contributed by atoms with Crippen molar-refractivity contribution >= 4 is 11.8 Å². The van der Waals surface area contributed by atoms with Gasteiger partial charge in [0.25, 0.3) is 0 Å². The molecule has 1 unspecified atom stereocenters. The van der Waals surface area contributed by atoms with Crippen molar-refractivity contribution in [2.75, 3.05) is 6.54 Å². The molecule has 0 amide bonds. The van der Waals surface area contributed by atoms with Gasteiger partial charge in [-0.2, -0.15) is 0 Å². The maximum Gasteiger partial charge on any atom is 0.123 e. The predicted molar refractivity (Wildman–Crippen MR) is 91.8 cm³/mol.